The lowest BCUT2D eigenvalue weighted by Crippen LogP contribution is -2.37. The molecule has 0 fully saturated rings. The van der Waals surface area contributed by atoms with E-state index in [4.69, 9.17) is 14.2 Å². The molecule has 0 amide bonds. The summed E-state index contributed by atoms with van der Waals surface area (Å²) in [5.74, 6) is -1.95. The number of nitrogens with zero attached hydrogens (tertiary/aromatic N) is 3. The first-order valence-electron chi connectivity index (χ1n) is 14.2. The lowest BCUT2D eigenvalue weighted by Gasteiger charge is -2.21. The van der Waals surface area contributed by atoms with Crippen LogP contribution in [-0.2, 0) is 29.1 Å². The van der Waals surface area contributed by atoms with Crippen LogP contribution in [0.3, 0.4) is 0 Å². The number of aromatic nitrogens is 3. The highest BCUT2D eigenvalue weighted by molar-refractivity contribution is 5.79. The highest BCUT2D eigenvalue weighted by Crippen LogP contribution is 2.30. The smallest absolute Gasteiger partial charge is 0.347 e. The van der Waals surface area contributed by atoms with Crippen molar-refractivity contribution in [2.75, 3.05) is 13.7 Å². The number of carboxylic acid groups (broad SMARTS) is 1. The number of pyridine rings is 1. The van der Waals surface area contributed by atoms with Crippen molar-refractivity contribution in [3.63, 3.8) is 0 Å². The Morgan fingerprint density at radius 2 is 1.71 bits per heavy atom. The van der Waals surface area contributed by atoms with Gasteiger partial charge < -0.3 is 23.9 Å². The summed E-state index contributed by atoms with van der Waals surface area (Å²) < 4.78 is 63.6. The highest BCUT2D eigenvalue weighted by atomic mass is 19.1. The predicted octanol–water partition coefficient (Wildman–Crippen LogP) is 6.88. The number of hydrogen-bond acceptors (Lipinski definition) is 6. The van der Waals surface area contributed by atoms with Gasteiger partial charge in [-0.2, -0.15) is 0 Å². The van der Waals surface area contributed by atoms with Crippen molar-refractivity contribution in [3.8, 4) is 22.9 Å². The molecule has 11 heteroatoms. The minimum Gasteiger partial charge on any atom is -0.478 e. The van der Waals surface area contributed by atoms with Gasteiger partial charge >= 0.3 is 5.97 Å². The van der Waals surface area contributed by atoms with Gasteiger partial charge in [-0.15, -0.1) is 0 Å². The Morgan fingerprint density at radius 1 is 0.933 bits per heavy atom. The van der Waals surface area contributed by atoms with Gasteiger partial charge in [-0.05, 0) is 68.3 Å². The number of halogens is 3. The van der Waals surface area contributed by atoms with Crippen molar-refractivity contribution in [2.24, 2.45) is 0 Å². The quantitative estimate of drug-likeness (QED) is 0.163. The van der Waals surface area contributed by atoms with Gasteiger partial charge in [-0.25, -0.2) is 27.9 Å². The summed E-state index contributed by atoms with van der Waals surface area (Å²) in [6.45, 7) is 5.28. The Kier molecular flexibility index (Phi) is 9.10. The number of carbonyl (C=O) groups is 1. The van der Waals surface area contributed by atoms with Gasteiger partial charge in [-0.1, -0.05) is 18.2 Å². The molecular weight excluding hydrogens is 587 g/mol. The van der Waals surface area contributed by atoms with E-state index in [1.807, 2.05) is 4.57 Å². The molecule has 0 bridgehead atoms. The molecule has 5 rings (SSSR count). The van der Waals surface area contributed by atoms with Crippen LogP contribution < -0.4 is 9.47 Å². The van der Waals surface area contributed by atoms with E-state index in [9.17, 15) is 14.3 Å². The molecule has 0 unspecified atom stereocenters. The minimum absolute atomic E-state index is 0.0308. The maximum absolute atomic E-state index is 15.5. The van der Waals surface area contributed by atoms with E-state index >= 15 is 8.78 Å². The summed E-state index contributed by atoms with van der Waals surface area (Å²) in [5.41, 5.74) is 1.05. The lowest BCUT2D eigenvalue weighted by molar-refractivity contribution is -0.152. The van der Waals surface area contributed by atoms with Crippen LogP contribution in [-0.4, -0.2) is 44.9 Å². The number of fused-ring (bicyclic) bond motifs is 1. The zero-order valence-electron chi connectivity index (χ0n) is 25.2. The van der Waals surface area contributed by atoms with Crippen LogP contribution in [0.4, 0.5) is 13.2 Å². The summed E-state index contributed by atoms with van der Waals surface area (Å²) in [7, 11) is 1.55. The highest BCUT2D eigenvalue weighted by Gasteiger charge is 2.29. The number of imidazole rings is 1. The maximum Gasteiger partial charge on any atom is 0.347 e. The van der Waals surface area contributed by atoms with Crippen LogP contribution in [0.15, 0.2) is 66.7 Å². The number of methoxy groups -OCH3 is 1. The zero-order chi connectivity index (χ0) is 32.3. The molecule has 2 heterocycles. The van der Waals surface area contributed by atoms with Gasteiger partial charge in [0.15, 0.2) is 5.60 Å². The Hall–Kier alpha value is -4.90. The Morgan fingerprint density at radius 3 is 2.44 bits per heavy atom. The zero-order valence-corrected chi connectivity index (χ0v) is 25.2. The summed E-state index contributed by atoms with van der Waals surface area (Å²) in [6.07, 6.45) is -0.0308. The van der Waals surface area contributed by atoms with Crippen LogP contribution >= 0.6 is 0 Å². The molecule has 3 aromatic carbocycles. The van der Waals surface area contributed by atoms with E-state index in [0.29, 0.717) is 41.3 Å². The second kappa shape index (κ2) is 13.0. The number of hydrogen-bond donors (Lipinski definition) is 1. The molecule has 2 aromatic heterocycles. The molecule has 0 atom stereocenters. The van der Waals surface area contributed by atoms with E-state index in [-0.39, 0.29) is 35.7 Å². The van der Waals surface area contributed by atoms with Crippen molar-refractivity contribution in [3.05, 3.63) is 107 Å². The van der Waals surface area contributed by atoms with E-state index < -0.39 is 29.0 Å². The number of ether oxygens (including phenoxy) is 3. The van der Waals surface area contributed by atoms with E-state index in [2.05, 4.69) is 9.97 Å². The number of rotatable bonds is 12. The third-order valence-electron chi connectivity index (χ3n) is 7.27. The second-order valence-corrected chi connectivity index (χ2v) is 11.1. The largest absolute Gasteiger partial charge is 0.478 e. The average Bonchev–Trinajstić information content (AvgIpc) is 3.33. The first-order chi connectivity index (χ1) is 21.4. The molecule has 0 saturated heterocycles. The van der Waals surface area contributed by atoms with E-state index in [1.165, 1.54) is 26.0 Å². The first-order valence-corrected chi connectivity index (χ1v) is 14.2. The molecular formula is C34H32F3N3O5. The van der Waals surface area contributed by atoms with E-state index in [1.54, 1.807) is 56.5 Å². The van der Waals surface area contributed by atoms with Gasteiger partial charge in [0.25, 0.3) is 0 Å². The van der Waals surface area contributed by atoms with Crippen LogP contribution in [0.25, 0.3) is 22.3 Å². The Labute approximate surface area is 258 Å². The number of benzene rings is 3. The molecule has 8 nitrogen and oxygen atoms in total. The first kappa shape index (κ1) is 31.5. The van der Waals surface area contributed by atoms with Crippen molar-refractivity contribution < 1.29 is 37.3 Å². The summed E-state index contributed by atoms with van der Waals surface area (Å²) in [6, 6.07) is 16.7. The van der Waals surface area contributed by atoms with E-state index in [0.717, 1.165) is 17.7 Å². The fraction of sp³-hybridized carbons (Fsp3) is 0.265. The molecule has 45 heavy (non-hydrogen) atoms. The average molecular weight is 620 g/mol. The van der Waals surface area contributed by atoms with Crippen LogP contribution in [0.1, 0.15) is 36.4 Å². The van der Waals surface area contributed by atoms with Crippen LogP contribution in [0.2, 0.25) is 0 Å². The van der Waals surface area contributed by atoms with Gasteiger partial charge in [0, 0.05) is 43.3 Å². The SMILES string of the molecule is COCCn1c(Cc2cc(F)c(-c3cccc(OCc4ccc(C)cc4F)n3)cc2F)nc2ccc(OC(C)(C)C(=O)O)cc21. The molecule has 0 aliphatic heterocycles. The van der Waals surface area contributed by atoms with Crippen molar-refractivity contribution in [1.29, 1.82) is 0 Å². The van der Waals surface area contributed by atoms with Crippen LogP contribution in [0.5, 0.6) is 11.6 Å². The Balaban J connectivity index is 1.41. The van der Waals surface area contributed by atoms with Gasteiger partial charge in [0.2, 0.25) is 5.88 Å². The van der Waals surface area contributed by atoms with Gasteiger partial charge in [0.1, 0.15) is 35.6 Å². The fourth-order valence-corrected chi connectivity index (χ4v) is 4.78. The molecule has 5 aromatic rings. The molecule has 1 N–H and O–H groups in total. The molecule has 0 saturated carbocycles. The van der Waals surface area contributed by atoms with Crippen molar-refractivity contribution in [2.45, 2.75) is 45.9 Å². The standard InChI is InChI=1S/C34H32F3N3O5/c1-20-8-9-21(25(35)14-20)19-44-32-7-5-6-28(39-32)24-18-26(36)22(15-27(24)37)16-31-38-29-11-10-23(45-34(2,3)33(41)42)17-30(29)40(31)12-13-43-4/h5-11,14-15,17-18H,12-13,16,19H2,1-4H3,(H,41,42). The predicted molar refractivity (Wildman–Crippen MR) is 162 cm³/mol. The Bertz CT molecular complexity index is 1870. The third-order valence-corrected chi connectivity index (χ3v) is 7.27. The number of carboxylic acids is 1. The summed E-state index contributed by atoms with van der Waals surface area (Å²) in [5, 5.41) is 9.44. The number of aliphatic carboxylic acids is 1. The molecule has 0 radical (unpaired) electrons. The summed E-state index contributed by atoms with van der Waals surface area (Å²) >= 11 is 0. The van der Waals surface area contributed by atoms with Crippen LogP contribution in [0, 0.1) is 24.4 Å². The topological polar surface area (TPSA) is 95.7 Å². The van der Waals surface area contributed by atoms with Crippen molar-refractivity contribution >= 4 is 17.0 Å². The fourth-order valence-electron chi connectivity index (χ4n) is 4.78. The van der Waals surface area contributed by atoms with Gasteiger partial charge in [0.05, 0.1) is 23.3 Å². The second-order valence-electron chi connectivity index (χ2n) is 11.1. The van der Waals surface area contributed by atoms with Gasteiger partial charge in [-0.3, -0.25) is 0 Å². The monoisotopic (exact) mass is 619 g/mol. The minimum atomic E-state index is -1.46. The molecule has 234 valence electrons. The summed E-state index contributed by atoms with van der Waals surface area (Å²) in [4.78, 5) is 20.5. The van der Waals surface area contributed by atoms with Crippen molar-refractivity contribution in [1.82, 2.24) is 14.5 Å². The molecule has 0 aliphatic rings. The third kappa shape index (κ3) is 7.09. The number of aryl methyl sites for hydroxylation is 1. The lowest BCUT2D eigenvalue weighted by atomic mass is 10.0. The normalized spacial score (nSPS) is 11.6. The molecule has 0 aliphatic carbocycles. The molecule has 0 spiro atoms. The maximum atomic E-state index is 15.5.